The molecule has 0 amide bonds. The van der Waals surface area contributed by atoms with Crippen molar-refractivity contribution in [2.75, 3.05) is 6.54 Å². The highest BCUT2D eigenvalue weighted by molar-refractivity contribution is 4.92. The topological polar surface area (TPSA) is 40.7 Å². The summed E-state index contributed by atoms with van der Waals surface area (Å²) in [6, 6.07) is 0. The highest BCUT2D eigenvalue weighted by atomic mass is 14.9. The van der Waals surface area contributed by atoms with Crippen LogP contribution in [0.2, 0.25) is 0 Å². The van der Waals surface area contributed by atoms with Crippen molar-refractivity contribution in [3.63, 3.8) is 0 Å². The molecule has 1 heterocycles. The van der Waals surface area contributed by atoms with Crippen LogP contribution in [0, 0.1) is 11.8 Å². The average Bonchev–Trinajstić information content (AvgIpc) is 2.77. The number of H-pyrrole nitrogens is 1. The van der Waals surface area contributed by atoms with Crippen LogP contribution in [0.15, 0.2) is 12.5 Å². The van der Waals surface area contributed by atoms with Gasteiger partial charge in [-0.05, 0) is 31.2 Å². The van der Waals surface area contributed by atoms with Gasteiger partial charge in [0.15, 0.2) is 0 Å². The lowest BCUT2D eigenvalue weighted by Crippen LogP contribution is -2.21. The van der Waals surface area contributed by atoms with Gasteiger partial charge in [0.05, 0.1) is 6.33 Å². The molecule has 1 fully saturated rings. The zero-order valence-electron chi connectivity index (χ0n) is 10.2. The number of hydrogen-bond acceptors (Lipinski definition) is 2. The van der Waals surface area contributed by atoms with E-state index >= 15 is 0 Å². The summed E-state index contributed by atoms with van der Waals surface area (Å²) in [5.41, 5.74) is 1.18. The summed E-state index contributed by atoms with van der Waals surface area (Å²) in [6.45, 7) is 4.45. The zero-order chi connectivity index (χ0) is 11.2. The first-order valence-corrected chi connectivity index (χ1v) is 6.52. The van der Waals surface area contributed by atoms with Crippen molar-refractivity contribution in [1.29, 1.82) is 0 Å². The monoisotopic (exact) mass is 221 g/mol. The number of hydrogen-bond donors (Lipinski definition) is 2. The van der Waals surface area contributed by atoms with Gasteiger partial charge in [-0.3, -0.25) is 0 Å². The van der Waals surface area contributed by atoms with Crippen molar-refractivity contribution in [2.24, 2.45) is 11.8 Å². The zero-order valence-corrected chi connectivity index (χ0v) is 10.2. The molecule has 2 rings (SSSR count). The number of nitrogens with one attached hydrogen (secondary N) is 2. The highest BCUT2D eigenvalue weighted by Gasteiger charge is 2.17. The smallest absolute Gasteiger partial charge is 0.0922 e. The van der Waals surface area contributed by atoms with E-state index < -0.39 is 0 Å². The summed E-state index contributed by atoms with van der Waals surface area (Å²) in [4.78, 5) is 7.11. The summed E-state index contributed by atoms with van der Waals surface area (Å²) >= 11 is 0. The van der Waals surface area contributed by atoms with Crippen LogP contribution < -0.4 is 5.32 Å². The van der Waals surface area contributed by atoms with Gasteiger partial charge in [0.25, 0.3) is 0 Å². The summed E-state index contributed by atoms with van der Waals surface area (Å²) < 4.78 is 0. The van der Waals surface area contributed by atoms with Gasteiger partial charge >= 0.3 is 0 Å². The first-order chi connectivity index (χ1) is 7.84. The van der Waals surface area contributed by atoms with Gasteiger partial charge in [0.2, 0.25) is 0 Å². The molecule has 90 valence electrons. The Bertz CT molecular complexity index is 281. The van der Waals surface area contributed by atoms with E-state index in [0.29, 0.717) is 0 Å². The minimum Gasteiger partial charge on any atom is -0.347 e. The predicted octanol–water partition coefficient (Wildman–Crippen LogP) is 2.72. The van der Waals surface area contributed by atoms with E-state index in [4.69, 9.17) is 0 Å². The van der Waals surface area contributed by atoms with Crippen LogP contribution in [0.1, 0.15) is 44.7 Å². The molecule has 0 aromatic carbocycles. The molecule has 1 aliphatic carbocycles. The molecule has 2 atom stereocenters. The molecule has 0 saturated heterocycles. The van der Waals surface area contributed by atoms with Gasteiger partial charge in [0, 0.05) is 18.4 Å². The third kappa shape index (κ3) is 3.63. The molecule has 2 N–H and O–H groups in total. The van der Waals surface area contributed by atoms with Crippen LogP contribution in [0.25, 0.3) is 0 Å². The first kappa shape index (κ1) is 11.6. The maximum absolute atomic E-state index is 4.01. The summed E-state index contributed by atoms with van der Waals surface area (Å²) in [7, 11) is 0. The lowest BCUT2D eigenvalue weighted by atomic mass is 9.81. The van der Waals surface area contributed by atoms with Gasteiger partial charge in [-0.1, -0.05) is 26.2 Å². The standard InChI is InChI=1S/C13H23N3/c1-11-3-2-4-12(7-11)5-6-14-8-13-9-15-10-16-13/h9-12,14H,2-8H2,1H3,(H,15,16). The maximum atomic E-state index is 4.01. The van der Waals surface area contributed by atoms with E-state index in [1.54, 1.807) is 6.33 Å². The Morgan fingerprint density at radius 3 is 3.19 bits per heavy atom. The predicted molar refractivity (Wildman–Crippen MR) is 66.0 cm³/mol. The maximum Gasteiger partial charge on any atom is 0.0922 e. The fourth-order valence-corrected chi connectivity index (χ4v) is 2.73. The van der Waals surface area contributed by atoms with E-state index in [-0.39, 0.29) is 0 Å². The van der Waals surface area contributed by atoms with Crippen molar-refractivity contribution in [3.05, 3.63) is 18.2 Å². The Hall–Kier alpha value is -0.830. The molecule has 16 heavy (non-hydrogen) atoms. The van der Waals surface area contributed by atoms with E-state index in [9.17, 15) is 0 Å². The van der Waals surface area contributed by atoms with Gasteiger partial charge in [-0.15, -0.1) is 0 Å². The van der Waals surface area contributed by atoms with Crippen LogP contribution in [0.4, 0.5) is 0 Å². The molecule has 1 aliphatic rings. The Morgan fingerprint density at radius 1 is 1.50 bits per heavy atom. The molecule has 0 radical (unpaired) electrons. The normalized spacial score (nSPS) is 25.8. The molecular weight excluding hydrogens is 198 g/mol. The van der Waals surface area contributed by atoms with Crippen molar-refractivity contribution in [3.8, 4) is 0 Å². The van der Waals surface area contributed by atoms with Crippen LogP contribution >= 0.6 is 0 Å². The summed E-state index contributed by atoms with van der Waals surface area (Å²) in [5.74, 6) is 1.91. The van der Waals surface area contributed by atoms with Crippen LogP contribution in [-0.2, 0) is 6.54 Å². The van der Waals surface area contributed by atoms with Crippen LogP contribution in [0.5, 0.6) is 0 Å². The van der Waals surface area contributed by atoms with Crippen LogP contribution in [0.3, 0.4) is 0 Å². The Labute approximate surface area is 98.1 Å². The first-order valence-electron chi connectivity index (χ1n) is 6.52. The van der Waals surface area contributed by atoms with E-state index in [1.165, 1.54) is 37.8 Å². The molecule has 2 unspecified atom stereocenters. The molecular formula is C13H23N3. The number of imidazole rings is 1. The van der Waals surface area contributed by atoms with Crippen molar-refractivity contribution in [1.82, 2.24) is 15.3 Å². The molecule has 1 saturated carbocycles. The molecule has 3 heteroatoms. The Balaban J connectivity index is 1.57. The number of nitrogens with zero attached hydrogens (tertiary/aromatic N) is 1. The van der Waals surface area contributed by atoms with Gasteiger partial charge in [-0.2, -0.15) is 0 Å². The van der Waals surface area contributed by atoms with Gasteiger partial charge in [-0.25, -0.2) is 4.98 Å². The van der Waals surface area contributed by atoms with E-state index in [1.807, 2.05) is 6.20 Å². The van der Waals surface area contributed by atoms with E-state index in [2.05, 4.69) is 22.2 Å². The lowest BCUT2D eigenvalue weighted by Gasteiger charge is -2.26. The van der Waals surface area contributed by atoms with Gasteiger partial charge in [0.1, 0.15) is 0 Å². The molecule has 1 aromatic heterocycles. The van der Waals surface area contributed by atoms with Crippen molar-refractivity contribution >= 4 is 0 Å². The number of aromatic nitrogens is 2. The molecule has 0 aliphatic heterocycles. The fourth-order valence-electron chi connectivity index (χ4n) is 2.73. The SMILES string of the molecule is CC1CCCC(CCNCc2cnc[nH]2)C1. The fraction of sp³-hybridized carbons (Fsp3) is 0.769. The minimum absolute atomic E-state index is 0.919. The van der Waals surface area contributed by atoms with Crippen molar-refractivity contribution < 1.29 is 0 Å². The Kier molecular flexibility index (Phi) is 4.40. The third-order valence-corrected chi connectivity index (χ3v) is 3.64. The second-order valence-corrected chi connectivity index (χ2v) is 5.18. The number of aromatic amines is 1. The quantitative estimate of drug-likeness (QED) is 0.751. The highest BCUT2D eigenvalue weighted by Crippen LogP contribution is 2.30. The third-order valence-electron chi connectivity index (χ3n) is 3.64. The summed E-state index contributed by atoms with van der Waals surface area (Å²) in [5, 5.41) is 3.48. The van der Waals surface area contributed by atoms with Gasteiger partial charge < -0.3 is 10.3 Å². The number of rotatable bonds is 5. The lowest BCUT2D eigenvalue weighted by molar-refractivity contribution is 0.267. The van der Waals surface area contributed by atoms with Crippen LogP contribution in [-0.4, -0.2) is 16.5 Å². The Morgan fingerprint density at radius 2 is 2.44 bits per heavy atom. The van der Waals surface area contributed by atoms with Crippen molar-refractivity contribution in [2.45, 2.75) is 45.6 Å². The van der Waals surface area contributed by atoms with E-state index in [0.717, 1.165) is 24.9 Å². The molecule has 0 bridgehead atoms. The molecule has 0 spiro atoms. The second-order valence-electron chi connectivity index (χ2n) is 5.18. The minimum atomic E-state index is 0.919. The second kappa shape index (κ2) is 6.04. The average molecular weight is 221 g/mol. The molecule has 3 nitrogen and oxygen atoms in total. The molecule has 1 aromatic rings. The summed E-state index contributed by atoms with van der Waals surface area (Å²) in [6.07, 6.45) is 10.7. The largest absolute Gasteiger partial charge is 0.347 e.